The summed E-state index contributed by atoms with van der Waals surface area (Å²) in [7, 11) is 1.67. The molecule has 2 heterocycles. The standard InChI is InChI=1S/C14H13N3O4/c1-17-12(9-5-6-10(18)15-13(9)19)7-3-2-4-8(14(20)21)11(7)16-17/h2-4,9H,5-6H2,1H3,(H,20,21)(H,15,18,19). The highest BCUT2D eigenvalue weighted by atomic mass is 16.4. The Labute approximate surface area is 119 Å². The molecule has 1 unspecified atom stereocenters. The van der Waals surface area contributed by atoms with Crippen LogP contribution in [0.2, 0.25) is 0 Å². The molecule has 0 saturated carbocycles. The number of carbonyl (C=O) groups excluding carboxylic acids is 2. The Bertz CT molecular complexity index is 778. The SMILES string of the molecule is Cn1nc2c(C(=O)O)cccc2c1C1CCC(=O)NC1=O. The maximum atomic E-state index is 12.0. The van der Waals surface area contributed by atoms with Gasteiger partial charge in [-0.3, -0.25) is 19.6 Å². The fourth-order valence-electron chi connectivity index (χ4n) is 2.78. The van der Waals surface area contributed by atoms with E-state index in [2.05, 4.69) is 10.4 Å². The molecular weight excluding hydrogens is 274 g/mol. The number of nitrogens with zero attached hydrogens (tertiary/aromatic N) is 2. The Morgan fingerprint density at radius 1 is 1.43 bits per heavy atom. The number of piperidine rings is 1. The number of amides is 2. The number of aromatic carboxylic acids is 1. The van der Waals surface area contributed by atoms with E-state index in [1.807, 2.05) is 0 Å². The molecule has 0 spiro atoms. The molecule has 1 atom stereocenters. The van der Waals surface area contributed by atoms with Gasteiger partial charge >= 0.3 is 5.97 Å². The lowest BCUT2D eigenvalue weighted by Gasteiger charge is -2.21. The van der Waals surface area contributed by atoms with Gasteiger partial charge in [-0.05, 0) is 12.5 Å². The number of hydrogen-bond acceptors (Lipinski definition) is 4. The van der Waals surface area contributed by atoms with E-state index in [1.54, 1.807) is 19.2 Å². The summed E-state index contributed by atoms with van der Waals surface area (Å²) in [5, 5.41) is 16.4. The van der Waals surface area contributed by atoms with Crippen molar-refractivity contribution in [2.24, 2.45) is 7.05 Å². The number of hydrogen-bond donors (Lipinski definition) is 2. The summed E-state index contributed by atoms with van der Waals surface area (Å²) >= 11 is 0. The second kappa shape index (κ2) is 4.69. The average Bonchev–Trinajstić information content (AvgIpc) is 2.74. The van der Waals surface area contributed by atoms with Gasteiger partial charge in [0.15, 0.2) is 0 Å². The number of aryl methyl sites for hydroxylation is 1. The molecule has 0 bridgehead atoms. The lowest BCUT2D eigenvalue weighted by atomic mass is 9.92. The van der Waals surface area contributed by atoms with Crippen LogP contribution in [0.25, 0.3) is 10.9 Å². The number of rotatable bonds is 2. The molecule has 2 N–H and O–H groups in total. The lowest BCUT2D eigenvalue weighted by Crippen LogP contribution is -2.40. The first-order valence-electron chi connectivity index (χ1n) is 6.51. The van der Waals surface area contributed by atoms with Gasteiger partial charge in [0, 0.05) is 18.9 Å². The number of carboxylic acids is 1. The van der Waals surface area contributed by atoms with Crippen molar-refractivity contribution in [3.05, 3.63) is 29.5 Å². The summed E-state index contributed by atoms with van der Waals surface area (Å²) in [5.74, 6) is -2.21. The van der Waals surface area contributed by atoms with E-state index in [0.29, 0.717) is 23.0 Å². The highest BCUT2D eigenvalue weighted by molar-refractivity contribution is 6.06. The number of aromatic nitrogens is 2. The van der Waals surface area contributed by atoms with Crippen molar-refractivity contribution >= 4 is 28.7 Å². The second-order valence-corrected chi connectivity index (χ2v) is 5.02. The number of carbonyl (C=O) groups is 3. The Morgan fingerprint density at radius 2 is 2.19 bits per heavy atom. The summed E-state index contributed by atoms with van der Waals surface area (Å²) in [6, 6.07) is 4.85. The van der Waals surface area contributed by atoms with Crippen LogP contribution < -0.4 is 5.32 Å². The fraction of sp³-hybridized carbons (Fsp3) is 0.286. The van der Waals surface area contributed by atoms with Gasteiger partial charge in [-0.1, -0.05) is 12.1 Å². The number of benzene rings is 1. The third kappa shape index (κ3) is 2.06. The minimum atomic E-state index is -1.06. The maximum Gasteiger partial charge on any atom is 0.337 e. The van der Waals surface area contributed by atoms with Crippen molar-refractivity contribution < 1.29 is 19.5 Å². The average molecular weight is 287 g/mol. The number of nitrogens with one attached hydrogen (secondary N) is 1. The van der Waals surface area contributed by atoms with Gasteiger partial charge in [0.2, 0.25) is 11.8 Å². The zero-order chi connectivity index (χ0) is 15.1. The molecule has 7 heteroatoms. The molecule has 2 aromatic rings. The molecular formula is C14H13N3O4. The molecule has 0 radical (unpaired) electrons. The molecule has 1 fully saturated rings. The van der Waals surface area contributed by atoms with Crippen molar-refractivity contribution in [1.82, 2.24) is 15.1 Å². The monoisotopic (exact) mass is 287 g/mol. The van der Waals surface area contributed by atoms with E-state index in [0.717, 1.165) is 0 Å². The van der Waals surface area contributed by atoms with E-state index in [9.17, 15) is 19.5 Å². The quantitative estimate of drug-likeness (QED) is 0.795. The van der Waals surface area contributed by atoms with Crippen LogP contribution in [0.5, 0.6) is 0 Å². The second-order valence-electron chi connectivity index (χ2n) is 5.02. The zero-order valence-electron chi connectivity index (χ0n) is 11.3. The van der Waals surface area contributed by atoms with Gasteiger partial charge in [-0.25, -0.2) is 4.79 Å². The topological polar surface area (TPSA) is 101 Å². The van der Waals surface area contributed by atoms with Crippen molar-refractivity contribution in [3.8, 4) is 0 Å². The molecule has 3 rings (SSSR count). The summed E-state index contributed by atoms with van der Waals surface area (Å²) in [4.78, 5) is 34.5. The van der Waals surface area contributed by atoms with E-state index < -0.39 is 11.9 Å². The van der Waals surface area contributed by atoms with Gasteiger partial charge in [0.1, 0.15) is 5.52 Å². The van der Waals surface area contributed by atoms with Gasteiger partial charge < -0.3 is 5.11 Å². The molecule has 1 aliphatic heterocycles. The zero-order valence-corrected chi connectivity index (χ0v) is 11.3. The summed E-state index contributed by atoms with van der Waals surface area (Å²) in [5.41, 5.74) is 1.09. The number of carboxylic acid groups (broad SMARTS) is 1. The highest BCUT2D eigenvalue weighted by Crippen LogP contribution is 2.31. The number of fused-ring (bicyclic) bond motifs is 1. The van der Waals surface area contributed by atoms with Gasteiger partial charge in [0.05, 0.1) is 17.2 Å². The van der Waals surface area contributed by atoms with E-state index in [-0.39, 0.29) is 23.8 Å². The maximum absolute atomic E-state index is 12.0. The van der Waals surface area contributed by atoms with E-state index in [4.69, 9.17) is 0 Å². The third-order valence-electron chi connectivity index (χ3n) is 3.71. The smallest absolute Gasteiger partial charge is 0.337 e. The Balaban J connectivity index is 2.17. The van der Waals surface area contributed by atoms with Gasteiger partial charge in [-0.2, -0.15) is 5.10 Å². The largest absolute Gasteiger partial charge is 0.478 e. The minimum Gasteiger partial charge on any atom is -0.478 e. The summed E-state index contributed by atoms with van der Waals surface area (Å²) < 4.78 is 1.52. The van der Waals surface area contributed by atoms with Crippen LogP contribution in [0.1, 0.15) is 34.8 Å². The Morgan fingerprint density at radius 3 is 2.86 bits per heavy atom. The van der Waals surface area contributed by atoms with Crippen molar-refractivity contribution in [1.29, 1.82) is 0 Å². The Kier molecular flexibility index (Phi) is 2.97. The van der Waals surface area contributed by atoms with Gasteiger partial charge in [0.25, 0.3) is 0 Å². The van der Waals surface area contributed by atoms with E-state index >= 15 is 0 Å². The molecule has 0 aliphatic carbocycles. The third-order valence-corrected chi connectivity index (χ3v) is 3.71. The van der Waals surface area contributed by atoms with Crippen molar-refractivity contribution in [2.45, 2.75) is 18.8 Å². The first-order chi connectivity index (χ1) is 9.99. The molecule has 7 nitrogen and oxygen atoms in total. The van der Waals surface area contributed by atoms with Gasteiger partial charge in [-0.15, -0.1) is 0 Å². The molecule has 108 valence electrons. The van der Waals surface area contributed by atoms with Crippen molar-refractivity contribution in [3.63, 3.8) is 0 Å². The van der Waals surface area contributed by atoms with Crippen molar-refractivity contribution in [2.75, 3.05) is 0 Å². The van der Waals surface area contributed by atoms with E-state index in [1.165, 1.54) is 10.7 Å². The first kappa shape index (κ1) is 13.3. The molecule has 1 aromatic carbocycles. The molecule has 2 amide bonds. The number of imide groups is 1. The van der Waals surface area contributed by atoms with Crippen LogP contribution in [-0.2, 0) is 16.6 Å². The predicted octanol–water partition coefficient (Wildman–Crippen LogP) is 0.792. The fourth-order valence-corrected chi connectivity index (χ4v) is 2.78. The predicted molar refractivity (Wildman–Crippen MR) is 72.8 cm³/mol. The summed E-state index contributed by atoms with van der Waals surface area (Å²) in [6.45, 7) is 0. The van der Waals surface area contributed by atoms with Crippen LogP contribution in [-0.4, -0.2) is 32.7 Å². The van der Waals surface area contributed by atoms with Crippen LogP contribution in [0.15, 0.2) is 18.2 Å². The van der Waals surface area contributed by atoms with Crippen LogP contribution in [0.4, 0.5) is 0 Å². The highest BCUT2D eigenvalue weighted by Gasteiger charge is 2.32. The lowest BCUT2D eigenvalue weighted by molar-refractivity contribution is -0.134. The first-order valence-corrected chi connectivity index (χ1v) is 6.51. The molecule has 1 aromatic heterocycles. The molecule has 21 heavy (non-hydrogen) atoms. The minimum absolute atomic E-state index is 0.0987. The molecule has 1 saturated heterocycles. The molecule has 1 aliphatic rings. The van der Waals surface area contributed by atoms with Crippen LogP contribution >= 0.6 is 0 Å². The van der Waals surface area contributed by atoms with Crippen LogP contribution in [0.3, 0.4) is 0 Å². The summed E-state index contributed by atoms with van der Waals surface area (Å²) in [6.07, 6.45) is 0.665. The van der Waals surface area contributed by atoms with Crippen LogP contribution in [0, 0.1) is 0 Å². The normalized spacial score (nSPS) is 18.8. The Hall–Kier alpha value is -2.70.